The molecule has 2 aromatic rings. The molecular weight excluding hydrogens is 340 g/mol. The number of aryl methyl sites for hydroxylation is 1. The fourth-order valence-corrected chi connectivity index (χ4v) is 4.17. The van der Waals surface area contributed by atoms with Crippen LogP contribution in [0.3, 0.4) is 0 Å². The Balaban J connectivity index is 1.43. The summed E-state index contributed by atoms with van der Waals surface area (Å²) in [5.74, 6) is 0.0717. The summed E-state index contributed by atoms with van der Waals surface area (Å²) in [6.45, 7) is 8.25. The highest BCUT2D eigenvalue weighted by molar-refractivity contribution is 5.92. The van der Waals surface area contributed by atoms with E-state index in [0.717, 1.165) is 37.4 Å². The van der Waals surface area contributed by atoms with E-state index in [4.69, 9.17) is 5.10 Å². The fourth-order valence-electron chi connectivity index (χ4n) is 4.17. The fraction of sp³-hybridized carbons (Fsp3) is 0.650. The smallest absolute Gasteiger partial charge is 0.272 e. The monoisotopic (exact) mass is 370 g/mol. The van der Waals surface area contributed by atoms with Crippen molar-refractivity contribution in [2.45, 2.75) is 65.2 Å². The number of fused-ring (bicyclic) bond motifs is 1. The molecule has 0 aliphatic carbocycles. The van der Waals surface area contributed by atoms with Crippen molar-refractivity contribution in [3.63, 3.8) is 0 Å². The zero-order chi connectivity index (χ0) is 18.6. The summed E-state index contributed by atoms with van der Waals surface area (Å²) in [6.07, 6.45) is 7.97. The van der Waals surface area contributed by atoms with Crippen LogP contribution in [0.4, 0.5) is 0 Å². The number of rotatable bonds is 5. The average Bonchev–Trinajstić information content (AvgIpc) is 3.21. The maximum Gasteiger partial charge on any atom is 0.272 e. The molecule has 146 valence electrons. The van der Waals surface area contributed by atoms with Gasteiger partial charge in [0.1, 0.15) is 5.69 Å². The van der Waals surface area contributed by atoms with Crippen LogP contribution in [0.2, 0.25) is 0 Å². The zero-order valence-electron chi connectivity index (χ0n) is 16.3. The quantitative estimate of drug-likeness (QED) is 0.811. The maximum atomic E-state index is 13.0. The lowest BCUT2D eigenvalue weighted by molar-refractivity contribution is 0.0693. The van der Waals surface area contributed by atoms with Gasteiger partial charge in [-0.2, -0.15) is 10.2 Å². The van der Waals surface area contributed by atoms with E-state index in [1.807, 2.05) is 15.6 Å². The van der Waals surface area contributed by atoms with Crippen molar-refractivity contribution in [3.8, 4) is 0 Å². The van der Waals surface area contributed by atoms with Crippen molar-refractivity contribution < 1.29 is 4.79 Å². The Hall–Kier alpha value is -2.15. The second kappa shape index (κ2) is 8.25. The van der Waals surface area contributed by atoms with Crippen LogP contribution < -0.4 is 0 Å². The predicted molar refractivity (Wildman–Crippen MR) is 103 cm³/mol. The molecule has 0 saturated carbocycles. The molecule has 0 spiro atoms. The average molecular weight is 371 g/mol. The van der Waals surface area contributed by atoms with E-state index in [0.29, 0.717) is 18.8 Å². The van der Waals surface area contributed by atoms with Crippen LogP contribution in [0.5, 0.6) is 0 Å². The Morgan fingerprint density at radius 2 is 1.93 bits per heavy atom. The minimum absolute atomic E-state index is 0.0717. The van der Waals surface area contributed by atoms with Crippen molar-refractivity contribution in [3.05, 3.63) is 35.4 Å². The first-order chi connectivity index (χ1) is 13.2. The van der Waals surface area contributed by atoms with Crippen molar-refractivity contribution in [2.75, 3.05) is 19.6 Å². The summed E-state index contributed by atoms with van der Waals surface area (Å²) >= 11 is 0. The first-order valence-corrected chi connectivity index (χ1v) is 10.3. The van der Waals surface area contributed by atoms with E-state index in [9.17, 15) is 4.79 Å². The molecule has 2 aliphatic heterocycles. The van der Waals surface area contributed by atoms with Gasteiger partial charge in [-0.1, -0.05) is 19.8 Å². The van der Waals surface area contributed by atoms with Gasteiger partial charge in [-0.25, -0.2) is 0 Å². The third-order valence-corrected chi connectivity index (χ3v) is 5.59. The Kier molecular flexibility index (Phi) is 5.57. The number of likely N-dealkylation sites (tertiary alicyclic amines) is 1. The van der Waals surface area contributed by atoms with Crippen LogP contribution in [0, 0.1) is 0 Å². The first-order valence-electron chi connectivity index (χ1n) is 10.3. The molecule has 1 saturated heterocycles. The largest absolute Gasteiger partial charge is 0.330 e. The molecular formula is C20H30N6O. The van der Waals surface area contributed by atoms with E-state index in [1.165, 1.54) is 38.8 Å². The first kappa shape index (κ1) is 18.2. The molecule has 4 heterocycles. The van der Waals surface area contributed by atoms with Gasteiger partial charge in [-0.15, -0.1) is 0 Å². The predicted octanol–water partition coefficient (Wildman–Crippen LogP) is 2.52. The number of amides is 1. The third kappa shape index (κ3) is 4.08. The Labute approximate surface area is 160 Å². The lowest BCUT2D eigenvalue weighted by atomic mass is 10.2. The van der Waals surface area contributed by atoms with Gasteiger partial charge in [-0.3, -0.25) is 19.1 Å². The molecule has 1 amide bonds. The summed E-state index contributed by atoms with van der Waals surface area (Å²) in [4.78, 5) is 17.4. The van der Waals surface area contributed by atoms with Gasteiger partial charge in [0, 0.05) is 25.8 Å². The standard InChI is InChI=1S/C20H30N6O/c1-2-9-26-19(7-8-21-26)20(27)24-12-13-25-18(16-24)14-17(22-25)15-23-10-5-3-4-6-11-23/h7-8,14H,2-6,9-13,15-16H2,1H3. The summed E-state index contributed by atoms with van der Waals surface area (Å²) in [6, 6.07) is 4.02. The van der Waals surface area contributed by atoms with Crippen LogP contribution in [-0.4, -0.2) is 54.9 Å². The molecule has 0 radical (unpaired) electrons. The molecule has 2 aromatic heterocycles. The number of hydrogen-bond donors (Lipinski definition) is 0. The minimum Gasteiger partial charge on any atom is -0.330 e. The van der Waals surface area contributed by atoms with Gasteiger partial charge >= 0.3 is 0 Å². The van der Waals surface area contributed by atoms with Crippen molar-refractivity contribution in [1.82, 2.24) is 29.4 Å². The number of nitrogens with zero attached hydrogens (tertiary/aromatic N) is 6. The van der Waals surface area contributed by atoms with Crippen molar-refractivity contribution in [2.24, 2.45) is 0 Å². The van der Waals surface area contributed by atoms with Crippen LogP contribution in [0.1, 0.15) is 60.9 Å². The Morgan fingerprint density at radius 1 is 1.11 bits per heavy atom. The Morgan fingerprint density at radius 3 is 2.70 bits per heavy atom. The molecule has 0 aromatic carbocycles. The Bertz CT molecular complexity index is 771. The zero-order valence-corrected chi connectivity index (χ0v) is 16.3. The van der Waals surface area contributed by atoms with Crippen LogP contribution in [0.25, 0.3) is 0 Å². The summed E-state index contributed by atoms with van der Waals surface area (Å²) in [5.41, 5.74) is 2.97. The normalized spacial score (nSPS) is 18.3. The van der Waals surface area contributed by atoms with Crippen molar-refractivity contribution in [1.29, 1.82) is 0 Å². The number of aromatic nitrogens is 4. The third-order valence-electron chi connectivity index (χ3n) is 5.59. The van der Waals surface area contributed by atoms with E-state index in [-0.39, 0.29) is 5.91 Å². The van der Waals surface area contributed by atoms with E-state index in [1.54, 1.807) is 6.20 Å². The maximum absolute atomic E-state index is 13.0. The summed E-state index contributed by atoms with van der Waals surface area (Å²) < 4.78 is 3.90. The van der Waals surface area contributed by atoms with Gasteiger partial charge in [-0.05, 0) is 44.5 Å². The van der Waals surface area contributed by atoms with Crippen molar-refractivity contribution >= 4 is 5.91 Å². The van der Waals surface area contributed by atoms with E-state index < -0.39 is 0 Å². The van der Waals surface area contributed by atoms with E-state index >= 15 is 0 Å². The van der Waals surface area contributed by atoms with Crippen LogP contribution in [0.15, 0.2) is 18.3 Å². The second-order valence-electron chi connectivity index (χ2n) is 7.71. The minimum atomic E-state index is 0.0717. The number of carbonyl (C=O) groups excluding carboxylic acids is 1. The number of carbonyl (C=O) groups is 1. The van der Waals surface area contributed by atoms with Crippen LogP contribution >= 0.6 is 0 Å². The lowest BCUT2D eigenvalue weighted by Gasteiger charge is -2.27. The van der Waals surface area contributed by atoms with E-state index in [2.05, 4.69) is 27.7 Å². The lowest BCUT2D eigenvalue weighted by Crippen LogP contribution is -2.39. The molecule has 7 heteroatoms. The highest BCUT2D eigenvalue weighted by atomic mass is 16.2. The molecule has 1 fully saturated rings. The second-order valence-corrected chi connectivity index (χ2v) is 7.71. The molecule has 0 N–H and O–H groups in total. The van der Waals surface area contributed by atoms with Gasteiger partial charge in [0.05, 0.1) is 24.5 Å². The van der Waals surface area contributed by atoms with Gasteiger partial charge < -0.3 is 4.90 Å². The van der Waals surface area contributed by atoms with Gasteiger partial charge in [0.25, 0.3) is 5.91 Å². The summed E-state index contributed by atoms with van der Waals surface area (Å²) in [7, 11) is 0. The molecule has 0 atom stereocenters. The molecule has 4 rings (SSSR count). The molecule has 0 unspecified atom stereocenters. The van der Waals surface area contributed by atoms with Crippen LogP contribution in [-0.2, 0) is 26.2 Å². The highest BCUT2D eigenvalue weighted by Gasteiger charge is 2.25. The molecule has 2 aliphatic rings. The molecule has 7 nitrogen and oxygen atoms in total. The summed E-state index contributed by atoms with van der Waals surface area (Å²) in [5, 5.41) is 9.09. The van der Waals surface area contributed by atoms with Gasteiger partial charge in [0.2, 0.25) is 0 Å². The van der Waals surface area contributed by atoms with Gasteiger partial charge in [0.15, 0.2) is 0 Å². The highest BCUT2D eigenvalue weighted by Crippen LogP contribution is 2.19. The molecule has 27 heavy (non-hydrogen) atoms. The molecule has 0 bridgehead atoms. The SMILES string of the molecule is CCCn1nccc1C(=O)N1CCn2nc(CN3CCCCCC3)cc2C1. The topological polar surface area (TPSA) is 59.2 Å². The number of hydrogen-bond acceptors (Lipinski definition) is 4.